The molecule has 0 aliphatic carbocycles. The Morgan fingerprint density at radius 2 is 2.06 bits per heavy atom. The maximum Gasteiger partial charge on any atom is 0.410 e. The standard InChI is InChI=1S/C13H29N3O2/c1-11(9-15-8-6-7-14)10-16(5)12(17)18-13(2,3)4/h11,15H,6-10,14H2,1-5H3. The van der Waals surface area contributed by atoms with Gasteiger partial charge >= 0.3 is 6.09 Å². The van der Waals surface area contributed by atoms with E-state index in [2.05, 4.69) is 12.2 Å². The molecule has 0 aliphatic heterocycles. The minimum Gasteiger partial charge on any atom is -0.444 e. The van der Waals surface area contributed by atoms with Crippen molar-refractivity contribution in [2.24, 2.45) is 11.7 Å². The summed E-state index contributed by atoms with van der Waals surface area (Å²) in [7, 11) is 1.77. The average Bonchev–Trinajstić information content (AvgIpc) is 2.22. The first kappa shape index (κ1) is 17.2. The van der Waals surface area contributed by atoms with Gasteiger partial charge in [0.25, 0.3) is 0 Å². The van der Waals surface area contributed by atoms with Crippen LogP contribution in [0.15, 0.2) is 0 Å². The summed E-state index contributed by atoms with van der Waals surface area (Å²) in [6.07, 6.45) is 0.713. The maximum absolute atomic E-state index is 11.7. The van der Waals surface area contributed by atoms with Gasteiger partial charge in [-0.15, -0.1) is 0 Å². The first-order valence-electron chi connectivity index (χ1n) is 6.61. The van der Waals surface area contributed by atoms with E-state index in [1.165, 1.54) is 0 Å². The topological polar surface area (TPSA) is 67.6 Å². The van der Waals surface area contributed by atoms with Crippen molar-refractivity contribution in [1.82, 2.24) is 10.2 Å². The molecule has 0 saturated heterocycles. The molecular formula is C13H29N3O2. The Bertz CT molecular complexity index is 239. The van der Waals surface area contributed by atoms with E-state index in [-0.39, 0.29) is 6.09 Å². The lowest BCUT2D eigenvalue weighted by Crippen LogP contribution is -2.38. The Morgan fingerprint density at radius 3 is 2.56 bits per heavy atom. The van der Waals surface area contributed by atoms with E-state index in [0.29, 0.717) is 19.0 Å². The second-order valence-electron chi connectivity index (χ2n) is 5.81. The predicted molar refractivity (Wildman–Crippen MR) is 74.6 cm³/mol. The highest BCUT2D eigenvalue weighted by Crippen LogP contribution is 2.09. The third-order valence-corrected chi connectivity index (χ3v) is 2.34. The molecule has 0 aromatic rings. The van der Waals surface area contributed by atoms with Gasteiger partial charge in [0.1, 0.15) is 5.60 Å². The molecule has 1 unspecified atom stereocenters. The van der Waals surface area contributed by atoms with E-state index in [4.69, 9.17) is 10.5 Å². The summed E-state index contributed by atoms with van der Waals surface area (Å²) >= 11 is 0. The molecular weight excluding hydrogens is 230 g/mol. The van der Waals surface area contributed by atoms with E-state index >= 15 is 0 Å². The Balaban J connectivity index is 3.85. The summed E-state index contributed by atoms with van der Waals surface area (Å²) in [6, 6.07) is 0. The van der Waals surface area contributed by atoms with Crippen molar-refractivity contribution in [3.8, 4) is 0 Å². The van der Waals surface area contributed by atoms with Crippen LogP contribution >= 0.6 is 0 Å². The lowest BCUT2D eigenvalue weighted by Gasteiger charge is -2.26. The molecule has 0 saturated carbocycles. The number of nitrogens with two attached hydrogens (primary N) is 1. The number of amides is 1. The van der Waals surface area contributed by atoms with Gasteiger partial charge in [0, 0.05) is 13.6 Å². The molecule has 1 amide bonds. The summed E-state index contributed by atoms with van der Waals surface area (Å²) in [6.45, 7) is 10.9. The van der Waals surface area contributed by atoms with Crippen LogP contribution in [0.25, 0.3) is 0 Å². The molecule has 5 nitrogen and oxygen atoms in total. The number of nitrogens with one attached hydrogen (secondary N) is 1. The number of nitrogens with zero attached hydrogens (tertiary/aromatic N) is 1. The zero-order valence-corrected chi connectivity index (χ0v) is 12.5. The van der Waals surface area contributed by atoms with Crippen molar-refractivity contribution in [1.29, 1.82) is 0 Å². The Labute approximate surface area is 111 Å². The van der Waals surface area contributed by atoms with Crippen LogP contribution in [0.2, 0.25) is 0 Å². The predicted octanol–water partition coefficient (Wildman–Crippen LogP) is 1.43. The minimum absolute atomic E-state index is 0.267. The highest BCUT2D eigenvalue weighted by molar-refractivity contribution is 5.67. The highest BCUT2D eigenvalue weighted by atomic mass is 16.6. The van der Waals surface area contributed by atoms with Gasteiger partial charge in [0.15, 0.2) is 0 Å². The van der Waals surface area contributed by atoms with E-state index in [9.17, 15) is 4.79 Å². The lowest BCUT2D eigenvalue weighted by molar-refractivity contribution is 0.0277. The number of ether oxygens (including phenoxy) is 1. The van der Waals surface area contributed by atoms with Gasteiger partial charge < -0.3 is 20.7 Å². The van der Waals surface area contributed by atoms with Crippen molar-refractivity contribution >= 4 is 6.09 Å². The molecule has 0 spiro atoms. The molecule has 0 fully saturated rings. The van der Waals surface area contributed by atoms with Gasteiger partial charge in [-0.2, -0.15) is 0 Å². The normalized spacial score (nSPS) is 13.2. The molecule has 0 heterocycles. The smallest absolute Gasteiger partial charge is 0.410 e. The SMILES string of the molecule is CC(CNCCCN)CN(C)C(=O)OC(C)(C)C. The zero-order valence-electron chi connectivity index (χ0n) is 12.5. The van der Waals surface area contributed by atoms with E-state index < -0.39 is 5.60 Å². The van der Waals surface area contributed by atoms with Gasteiger partial charge in [-0.1, -0.05) is 6.92 Å². The Kier molecular flexibility index (Phi) is 7.95. The summed E-state index contributed by atoms with van der Waals surface area (Å²) in [4.78, 5) is 13.4. The van der Waals surface area contributed by atoms with Crippen molar-refractivity contribution in [3.05, 3.63) is 0 Å². The van der Waals surface area contributed by atoms with Crippen LogP contribution in [0.1, 0.15) is 34.1 Å². The fourth-order valence-corrected chi connectivity index (χ4v) is 1.52. The van der Waals surface area contributed by atoms with Gasteiger partial charge in [-0.3, -0.25) is 0 Å². The molecule has 0 rings (SSSR count). The lowest BCUT2D eigenvalue weighted by atomic mass is 10.1. The van der Waals surface area contributed by atoms with E-state index in [1.807, 2.05) is 20.8 Å². The summed E-state index contributed by atoms with van der Waals surface area (Å²) < 4.78 is 5.29. The van der Waals surface area contributed by atoms with Crippen LogP contribution in [-0.2, 0) is 4.74 Å². The van der Waals surface area contributed by atoms with Crippen LogP contribution in [0.5, 0.6) is 0 Å². The molecule has 5 heteroatoms. The molecule has 108 valence electrons. The monoisotopic (exact) mass is 259 g/mol. The number of hydrogen-bond acceptors (Lipinski definition) is 4. The molecule has 1 atom stereocenters. The van der Waals surface area contributed by atoms with E-state index in [1.54, 1.807) is 11.9 Å². The van der Waals surface area contributed by atoms with Gasteiger partial charge in [-0.05, 0) is 52.7 Å². The summed E-state index contributed by atoms with van der Waals surface area (Å²) in [5.74, 6) is 0.389. The molecule has 0 aliphatic rings. The fourth-order valence-electron chi connectivity index (χ4n) is 1.52. The minimum atomic E-state index is -0.437. The molecule has 3 N–H and O–H groups in total. The van der Waals surface area contributed by atoms with Crippen molar-refractivity contribution < 1.29 is 9.53 Å². The quantitative estimate of drug-likeness (QED) is 0.679. The molecule has 18 heavy (non-hydrogen) atoms. The van der Waals surface area contributed by atoms with Gasteiger partial charge in [0.05, 0.1) is 0 Å². The van der Waals surface area contributed by atoms with Crippen molar-refractivity contribution in [2.45, 2.75) is 39.7 Å². The second kappa shape index (κ2) is 8.32. The van der Waals surface area contributed by atoms with Crippen LogP contribution in [0.3, 0.4) is 0 Å². The molecule has 0 aromatic heterocycles. The number of carbonyl (C=O) groups excluding carboxylic acids is 1. The number of hydrogen-bond donors (Lipinski definition) is 2. The van der Waals surface area contributed by atoms with Gasteiger partial charge in [0.2, 0.25) is 0 Å². The third-order valence-electron chi connectivity index (χ3n) is 2.34. The van der Waals surface area contributed by atoms with Crippen LogP contribution < -0.4 is 11.1 Å². The third kappa shape index (κ3) is 9.24. The van der Waals surface area contributed by atoms with Crippen LogP contribution in [0, 0.1) is 5.92 Å². The average molecular weight is 259 g/mol. The summed E-state index contributed by atoms with van der Waals surface area (Å²) in [5, 5.41) is 3.32. The summed E-state index contributed by atoms with van der Waals surface area (Å²) in [5.41, 5.74) is 4.98. The highest BCUT2D eigenvalue weighted by Gasteiger charge is 2.20. The largest absolute Gasteiger partial charge is 0.444 e. The maximum atomic E-state index is 11.7. The van der Waals surface area contributed by atoms with Crippen LogP contribution in [-0.4, -0.2) is 49.8 Å². The Morgan fingerprint density at radius 1 is 1.44 bits per heavy atom. The fraction of sp³-hybridized carbons (Fsp3) is 0.923. The molecule has 0 bridgehead atoms. The van der Waals surface area contributed by atoms with Crippen LogP contribution in [0.4, 0.5) is 4.79 Å². The van der Waals surface area contributed by atoms with E-state index in [0.717, 1.165) is 19.5 Å². The second-order valence-corrected chi connectivity index (χ2v) is 5.81. The van der Waals surface area contributed by atoms with Crippen molar-refractivity contribution in [2.75, 3.05) is 33.2 Å². The number of carbonyl (C=O) groups is 1. The first-order chi connectivity index (χ1) is 8.26. The van der Waals surface area contributed by atoms with Gasteiger partial charge in [-0.25, -0.2) is 4.79 Å². The zero-order chi connectivity index (χ0) is 14.2. The molecule has 0 aromatic carbocycles. The molecule has 0 radical (unpaired) electrons. The number of rotatable bonds is 7. The first-order valence-corrected chi connectivity index (χ1v) is 6.61. The van der Waals surface area contributed by atoms with Crippen molar-refractivity contribution in [3.63, 3.8) is 0 Å². The Hall–Kier alpha value is -0.810.